The second-order valence-corrected chi connectivity index (χ2v) is 7.52. The molecule has 1 fully saturated rings. The standard InChI is InChI=1S/C14H16Cl2O3S/c1-19-13(17)7-14(4-5-14)9-20(18)8-10-6-11(15)2-3-12(10)16/h2-3,6H,4-5,7-9H2,1H3. The molecule has 1 aliphatic rings. The van der Waals surface area contributed by atoms with Crippen molar-refractivity contribution in [1.29, 1.82) is 0 Å². The average Bonchev–Trinajstić information content (AvgIpc) is 3.12. The Kier molecular flexibility index (Phi) is 5.10. The second-order valence-electron chi connectivity index (χ2n) is 5.22. The van der Waals surface area contributed by atoms with Gasteiger partial charge in [-0.15, -0.1) is 0 Å². The fourth-order valence-electron chi connectivity index (χ4n) is 2.15. The molecule has 1 aromatic carbocycles. The zero-order valence-electron chi connectivity index (χ0n) is 11.2. The molecule has 0 saturated heterocycles. The van der Waals surface area contributed by atoms with E-state index in [9.17, 15) is 9.00 Å². The molecule has 0 N–H and O–H groups in total. The van der Waals surface area contributed by atoms with Crippen molar-refractivity contribution in [2.75, 3.05) is 12.9 Å². The van der Waals surface area contributed by atoms with Crippen molar-refractivity contribution in [3.8, 4) is 0 Å². The second kappa shape index (κ2) is 6.46. The van der Waals surface area contributed by atoms with Crippen molar-refractivity contribution < 1.29 is 13.7 Å². The van der Waals surface area contributed by atoms with Gasteiger partial charge in [0, 0.05) is 26.6 Å². The van der Waals surface area contributed by atoms with Gasteiger partial charge < -0.3 is 4.74 Å². The number of esters is 1. The zero-order chi connectivity index (χ0) is 14.8. The molecule has 6 heteroatoms. The minimum atomic E-state index is -1.07. The van der Waals surface area contributed by atoms with Crippen LogP contribution in [0.3, 0.4) is 0 Å². The molecule has 0 aromatic heterocycles. The molecule has 110 valence electrons. The third-order valence-corrected chi connectivity index (χ3v) is 5.67. The van der Waals surface area contributed by atoms with Crippen molar-refractivity contribution in [2.45, 2.75) is 25.0 Å². The van der Waals surface area contributed by atoms with Gasteiger partial charge in [-0.1, -0.05) is 23.2 Å². The molecule has 0 amide bonds. The summed E-state index contributed by atoms with van der Waals surface area (Å²) in [4.78, 5) is 11.3. The summed E-state index contributed by atoms with van der Waals surface area (Å²) >= 11 is 12.0. The molecule has 1 saturated carbocycles. The Morgan fingerprint density at radius 3 is 2.70 bits per heavy atom. The van der Waals surface area contributed by atoms with E-state index in [1.807, 2.05) is 0 Å². The van der Waals surface area contributed by atoms with Gasteiger partial charge in [0.25, 0.3) is 0 Å². The van der Waals surface area contributed by atoms with Gasteiger partial charge in [0.2, 0.25) is 0 Å². The van der Waals surface area contributed by atoms with Crippen molar-refractivity contribution in [1.82, 2.24) is 0 Å². The lowest BCUT2D eigenvalue weighted by Crippen LogP contribution is -2.18. The molecular weight excluding hydrogens is 319 g/mol. The number of hydrogen-bond donors (Lipinski definition) is 0. The van der Waals surface area contributed by atoms with Crippen LogP contribution in [0.5, 0.6) is 0 Å². The minimum Gasteiger partial charge on any atom is -0.469 e. The van der Waals surface area contributed by atoms with Crippen molar-refractivity contribution in [3.63, 3.8) is 0 Å². The van der Waals surface area contributed by atoms with Gasteiger partial charge in [0.1, 0.15) is 0 Å². The summed E-state index contributed by atoms with van der Waals surface area (Å²) in [5, 5.41) is 1.15. The number of carbonyl (C=O) groups excluding carboxylic acids is 1. The molecule has 0 bridgehead atoms. The highest BCUT2D eigenvalue weighted by Crippen LogP contribution is 2.49. The highest BCUT2D eigenvalue weighted by molar-refractivity contribution is 7.84. The molecule has 0 aliphatic heterocycles. The van der Waals surface area contributed by atoms with Gasteiger partial charge in [-0.3, -0.25) is 9.00 Å². The Hall–Kier alpha value is -0.580. The number of ether oxygens (including phenoxy) is 1. The molecule has 0 spiro atoms. The molecule has 1 aromatic rings. The van der Waals surface area contributed by atoms with Crippen molar-refractivity contribution >= 4 is 40.0 Å². The number of carbonyl (C=O) groups is 1. The summed E-state index contributed by atoms with van der Waals surface area (Å²) < 4.78 is 16.9. The van der Waals surface area contributed by atoms with Crippen LogP contribution in [0.2, 0.25) is 10.0 Å². The first kappa shape index (κ1) is 15.8. The summed E-state index contributed by atoms with van der Waals surface area (Å²) in [6.07, 6.45) is 2.20. The maximum atomic E-state index is 12.3. The van der Waals surface area contributed by atoms with Gasteiger partial charge in [-0.25, -0.2) is 0 Å². The number of methoxy groups -OCH3 is 1. The van der Waals surface area contributed by atoms with E-state index in [-0.39, 0.29) is 11.4 Å². The molecule has 1 atom stereocenters. The minimum absolute atomic E-state index is 0.136. The van der Waals surface area contributed by atoms with E-state index in [4.69, 9.17) is 23.2 Å². The van der Waals surface area contributed by atoms with Crippen LogP contribution in [0.15, 0.2) is 18.2 Å². The van der Waals surface area contributed by atoms with Gasteiger partial charge in [-0.2, -0.15) is 0 Å². The quantitative estimate of drug-likeness (QED) is 0.746. The highest BCUT2D eigenvalue weighted by Gasteiger charge is 2.45. The van der Waals surface area contributed by atoms with E-state index < -0.39 is 10.8 Å². The summed E-state index contributed by atoms with van der Waals surface area (Å²) in [5.41, 5.74) is 0.648. The third kappa shape index (κ3) is 4.21. The number of hydrogen-bond acceptors (Lipinski definition) is 3. The van der Waals surface area contributed by atoms with Crippen molar-refractivity contribution in [2.24, 2.45) is 5.41 Å². The first-order valence-corrected chi connectivity index (χ1v) is 8.54. The average molecular weight is 335 g/mol. The van der Waals surface area contributed by atoms with Gasteiger partial charge in [0.05, 0.1) is 19.3 Å². The molecule has 1 unspecified atom stereocenters. The normalized spacial score (nSPS) is 17.6. The number of halogens is 2. The first-order chi connectivity index (χ1) is 9.44. The third-order valence-electron chi connectivity index (χ3n) is 3.50. The Morgan fingerprint density at radius 2 is 2.10 bits per heavy atom. The number of rotatable bonds is 6. The highest BCUT2D eigenvalue weighted by atomic mass is 35.5. The van der Waals surface area contributed by atoms with Gasteiger partial charge in [0.15, 0.2) is 0 Å². The van der Waals surface area contributed by atoms with Crippen LogP contribution in [-0.4, -0.2) is 23.0 Å². The van der Waals surface area contributed by atoms with E-state index in [1.54, 1.807) is 18.2 Å². The van der Waals surface area contributed by atoms with E-state index in [0.29, 0.717) is 28.0 Å². The van der Waals surface area contributed by atoms with E-state index in [1.165, 1.54) is 7.11 Å². The first-order valence-electron chi connectivity index (χ1n) is 6.30. The van der Waals surface area contributed by atoms with Crippen LogP contribution in [0, 0.1) is 5.41 Å². The van der Waals surface area contributed by atoms with Crippen LogP contribution in [0.25, 0.3) is 0 Å². The lowest BCUT2D eigenvalue weighted by molar-refractivity contribution is -0.141. The summed E-state index contributed by atoms with van der Waals surface area (Å²) in [7, 11) is 0.310. The zero-order valence-corrected chi connectivity index (χ0v) is 13.5. The topological polar surface area (TPSA) is 43.4 Å². The maximum absolute atomic E-state index is 12.3. The fraction of sp³-hybridized carbons (Fsp3) is 0.500. The Morgan fingerprint density at radius 1 is 1.40 bits per heavy atom. The van der Waals surface area contributed by atoms with Crippen LogP contribution in [0.1, 0.15) is 24.8 Å². The van der Waals surface area contributed by atoms with Crippen LogP contribution < -0.4 is 0 Å². The molecule has 0 radical (unpaired) electrons. The summed E-state index contributed by atoms with van der Waals surface area (Å²) in [6, 6.07) is 5.15. The fourth-order valence-corrected chi connectivity index (χ4v) is 4.37. The predicted octanol–water partition coefficient (Wildman–Crippen LogP) is 3.59. The lowest BCUT2D eigenvalue weighted by Gasteiger charge is -2.13. The molecular formula is C14H16Cl2O3S. The number of benzene rings is 1. The monoisotopic (exact) mass is 334 g/mol. The Bertz CT molecular complexity index is 541. The van der Waals surface area contributed by atoms with E-state index >= 15 is 0 Å². The molecule has 1 aliphatic carbocycles. The van der Waals surface area contributed by atoms with Crippen LogP contribution in [-0.2, 0) is 26.1 Å². The Balaban J connectivity index is 1.96. The van der Waals surface area contributed by atoms with Crippen LogP contribution in [0.4, 0.5) is 0 Å². The molecule has 20 heavy (non-hydrogen) atoms. The predicted molar refractivity (Wildman–Crippen MR) is 81.5 cm³/mol. The Labute approximate surface area is 131 Å². The SMILES string of the molecule is COC(=O)CC1(CS(=O)Cc2cc(Cl)ccc2Cl)CC1. The molecule has 0 heterocycles. The summed E-state index contributed by atoms with van der Waals surface area (Å²) in [6.45, 7) is 0. The lowest BCUT2D eigenvalue weighted by atomic mass is 10.1. The summed E-state index contributed by atoms with van der Waals surface area (Å²) in [5.74, 6) is 0.632. The van der Waals surface area contributed by atoms with Gasteiger partial charge in [-0.05, 0) is 42.0 Å². The smallest absolute Gasteiger partial charge is 0.306 e. The molecule has 3 nitrogen and oxygen atoms in total. The largest absolute Gasteiger partial charge is 0.469 e. The van der Waals surface area contributed by atoms with E-state index in [2.05, 4.69) is 4.74 Å². The van der Waals surface area contributed by atoms with Gasteiger partial charge >= 0.3 is 5.97 Å². The van der Waals surface area contributed by atoms with Crippen LogP contribution >= 0.6 is 23.2 Å². The van der Waals surface area contributed by atoms with Crippen molar-refractivity contribution in [3.05, 3.63) is 33.8 Å². The van der Waals surface area contributed by atoms with E-state index in [0.717, 1.165) is 18.4 Å². The maximum Gasteiger partial charge on any atom is 0.306 e. The molecule has 2 rings (SSSR count).